The van der Waals surface area contributed by atoms with Crippen molar-refractivity contribution < 1.29 is 39.5 Å². The summed E-state index contributed by atoms with van der Waals surface area (Å²) >= 11 is 0. The van der Waals surface area contributed by atoms with Crippen molar-refractivity contribution in [3.8, 4) is 0 Å². The molecule has 0 aromatic carbocycles. The molecule has 1 aromatic rings. The summed E-state index contributed by atoms with van der Waals surface area (Å²) in [5, 5.41) is 10.3. The van der Waals surface area contributed by atoms with Crippen LogP contribution in [0.15, 0.2) is 18.2 Å². The summed E-state index contributed by atoms with van der Waals surface area (Å²) in [6.07, 6.45) is 0.737. The Bertz CT molecular complexity index is 276. The van der Waals surface area contributed by atoms with E-state index in [0.717, 1.165) is 12.1 Å². The van der Waals surface area contributed by atoms with Crippen molar-refractivity contribution in [3.63, 3.8) is 0 Å². The molecule has 0 radical (unpaired) electrons. The number of aromatic nitrogens is 1. The van der Waals surface area contributed by atoms with Gasteiger partial charge in [0.2, 0.25) is 0 Å². The third kappa shape index (κ3) is 2.93. The van der Waals surface area contributed by atoms with E-state index in [4.69, 9.17) is 0 Å². The van der Waals surface area contributed by atoms with E-state index in [1.165, 1.54) is 6.07 Å². The number of aromatic carboxylic acids is 1. The van der Waals surface area contributed by atoms with E-state index >= 15 is 0 Å². The first-order chi connectivity index (χ1) is 5.24. The zero-order valence-corrected chi connectivity index (χ0v) is 9.20. The van der Waals surface area contributed by atoms with Gasteiger partial charge in [-0.3, -0.25) is 4.98 Å². The minimum atomic E-state index is -1.22. The molecule has 1 heterocycles. The second-order valence-corrected chi connectivity index (χ2v) is 2.16. The van der Waals surface area contributed by atoms with Gasteiger partial charge in [0, 0.05) is 5.69 Å². The van der Waals surface area contributed by atoms with Gasteiger partial charge < -0.3 is 9.90 Å². The summed E-state index contributed by atoms with van der Waals surface area (Å²) in [4.78, 5) is 14.1. The predicted octanol–water partition coefficient (Wildman–Crippen LogP) is -2.99. The number of hydrogen-bond donors (Lipinski definition) is 0. The maximum atomic E-state index is 10.3. The Morgan fingerprint density at radius 1 is 1.58 bits per heavy atom. The molecule has 0 bridgehead atoms. The van der Waals surface area contributed by atoms with Gasteiger partial charge in [0.15, 0.2) is 0 Å². The molecule has 1 aromatic heterocycles. The van der Waals surface area contributed by atoms with E-state index in [-0.39, 0.29) is 35.3 Å². The number of rotatable bonds is 2. The molecular weight excluding hydrogens is 165 g/mol. The second kappa shape index (κ2) is 5.30. The first kappa shape index (κ1) is 11.6. The van der Waals surface area contributed by atoms with Crippen LogP contribution >= 0.6 is 0 Å². The molecule has 0 unspecified atom stereocenters. The normalized spacial score (nSPS) is 8.75. The van der Waals surface area contributed by atoms with Crippen LogP contribution < -0.4 is 34.7 Å². The Balaban J connectivity index is 0.00000121. The van der Waals surface area contributed by atoms with Gasteiger partial charge in [-0.25, -0.2) is 0 Å². The van der Waals surface area contributed by atoms with Crippen LogP contribution in [0.1, 0.15) is 23.1 Å². The zero-order chi connectivity index (χ0) is 8.27. The summed E-state index contributed by atoms with van der Waals surface area (Å²) < 4.78 is 0. The van der Waals surface area contributed by atoms with Gasteiger partial charge in [0.1, 0.15) is 0 Å². The van der Waals surface area contributed by atoms with Gasteiger partial charge >= 0.3 is 29.6 Å². The number of hydrogen-bond acceptors (Lipinski definition) is 3. The van der Waals surface area contributed by atoms with Crippen LogP contribution in [0.4, 0.5) is 0 Å². The number of carboxylic acids is 1. The van der Waals surface area contributed by atoms with Crippen molar-refractivity contribution in [2.75, 3.05) is 0 Å². The van der Waals surface area contributed by atoms with Crippen LogP contribution in [-0.2, 0) is 6.42 Å². The van der Waals surface area contributed by atoms with E-state index < -0.39 is 5.97 Å². The molecule has 0 spiro atoms. The van der Waals surface area contributed by atoms with Crippen molar-refractivity contribution in [1.29, 1.82) is 0 Å². The van der Waals surface area contributed by atoms with Crippen molar-refractivity contribution in [3.05, 3.63) is 29.6 Å². The molecule has 3 nitrogen and oxygen atoms in total. The first-order valence-corrected chi connectivity index (χ1v) is 3.41. The third-order valence-electron chi connectivity index (χ3n) is 1.38. The van der Waals surface area contributed by atoms with Crippen LogP contribution in [0, 0.1) is 0 Å². The molecule has 0 saturated heterocycles. The predicted molar refractivity (Wildman–Crippen MR) is 37.9 cm³/mol. The molecule has 1 rings (SSSR count). The number of aryl methyl sites for hydroxylation is 1. The fourth-order valence-electron chi connectivity index (χ4n) is 0.790. The average molecular weight is 173 g/mol. The Morgan fingerprint density at radius 3 is 2.75 bits per heavy atom. The van der Waals surface area contributed by atoms with E-state index in [1.807, 2.05) is 6.92 Å². The van der Waals surface area contributed by atoms with Crippen LogP contribution in [0.2, 0.25) is 0 Å². The minimum absolute atomic E-state index is 0. The van der Waals surface area contributed by atoms with Gasteiger partial charge in [-0.1, -0.05) is 13.0 Å². The van der Waals surface area contributed by atoms with Gasteiger partial charge in [0.05, 0.1) is 11.7 Å². The van der Waals surface area contributed by atoms with Crippen molar-refractivity contribution in [2.45, 2.75) is 13.3 Å². The molecule has 0 N–H and O–H groups in total. The summed E-state index contributed by atoms with van der Waals surface area (Å²) in [6.45, 7) is 1.92. The molecule has 0 aliphatic heterocycles. The summed E-state index contributed by atoms with van der Waals surface area (Å²) in [6, 6.07) is 4.87. The molecular formula is C8H8NNaO2. The number of carboxylic acid groups (broad SMARTS) is 1. The third-order valence-corrected chi connectivity index (χ3v) is 1.38. The van der Waals surface area contributed by atoms with E-state index in [1.54, 1.807) is 12.1 Å². The maximum Gasteiger partial charge on any atom is 1.00 e. The van der Waals surface area contributed by atoms with Crippen molar-refractivity contribution in [2.24, 2.45) is 0 Å². The van der Waals surface area contributed by atoms with E-state index in [9.17, 15) is 9.90 Å². The summed E-state index contributed by atoms with van der Waals surface area (Å²) in [5.41, 5.74) is 0.774. The largest absolute Gasteiger partial charge is 1.00 e. The average Bonchev–Trinajstić information content (AvgIpc) is 2.05. The maximum absolute atomic E-state index is 10.3. The molecule has 0 aliphatic rings. The zero-order valence-electron chi connectivity index (χ0n) is 7.20. The molecule has 0 fully saturated rings. The Labute approximate surface area is 93.1 Å². The summed E-state index contributed by atoms with van der Waals surface area (Å²) in [5.74, 6) is -1.22. The fraction of sp³-hybridized carbons (Fsp3) is 0.250. The molecule has 12 heavy (non-hydrogen) atoms. The second-order valence-electron chi connectivity index (χ2n) is 2.16. The number of nitrogens with zero attached hydrogens (tertiary/aromatic N) is 1. The first-order valence-electron chi connectivity index (χ1n) is 3.41. The van der Waals surface area contributed by atoms with Crippen LogP contribution in [0.25, 0.3) is 0 Å². The minimum Gasteiger partial charge on any atom is -0.543 e. The Morgan fingerprint density at radius 2 is 2.25 bits per heavy atom. The SMILES string of the molecule is CCc1cccc(C(=O)[O-])n1.[Na+]. The molecule has 4 heteroatoms. The van der Waals surface area contributed by atoms with Gasteiger partial charge in [-0.2, -0.15) is 0 Å². The molecule has 0 amide bonds. The Hall–Kier alpha value is -0.380. The van der Waals surface area contributed by atoms with Gasteiger partial charge in [-0.05, 0) is 18.6 Å². The standard InChI is InChI=1S/C8H9NO2.Na/c1-2-6-4-3-5-7(9-6)8(10)11;/h3-5H,2H2,1H3,(H,10,11);/q;+1/p-1. The Kier molecular flexibility index (Phi) is 5.13. The molecule has 0 atom stereocenters. The van der Waals surface area contributed by atoms with Crippen LogP contribution in [-0.4, -0.2) is 11.0 Å². The van der Waals surface area contributed by atoms with E-state index in [2.05, 4.69) is 4.98 Å². The van der Waals surface area contributed by atoms with E-state index in [0.29, 0.717) is 0 Å². The molecule has 0 saturated carbocycles. The smallest absolute Gasteiger partial charge is 0.543 e. The number of pyridine rings is 1. The number of carbonyl (C=O) groups is 1. The van der Waals surface area contributed by atoms with Crippen LogP contribution in [0.3, 0.4) is 0 Å². The summed E-state index contributed by atoms with van der Waals surface area (Å²) in [7, 11) is 0. The fourth-order valence-corrected chi connectivity index (χ4v) is 0.790. The van der Waals surface area contributed by atoms with Crippen molar-refractivity contribution in [1.82, 2.24) is 4.98 Å². The quantitative estimate of drug-likeness (QED) is 0.448. The van der Waals surface area contributed by atoms with Gasteiger partial charge in [-0.15, -0.1) is 0 Å². The topological polar surface area (TPSA) is 53.0 Å². The van der Waals surface area contributed by atoms with Gasteiger partial charge in [0.25, 0.3) is 0 Å². The van der Waals surface area contributed by atoms with Crippen molar-refractivity contribution >= 4 is 5.97 Å². The number of carbonyl (C=O) groups excluding carboxylic acids is 1. The molecule has 0 aliphatic carbocycles. The van der Waals surface area contributed by atoms with Crippen LogP contribution in [0.5, 0.6) is 0 Å². The monoisotopic (exact) mass is 173 g/mol. The molecule has 58 valence electrons.